The molecule has 0 amide bonds. The van der Waals surface area contributed by atoms with E-state index < -0.39 is 5.97 Å². The highest BCUT2D eigenvalue weighted by molar-refractivity contribution is 6.30. The maximum absolute atomic E-state index is 12.3. The third-order valence-electron chi connectivity index (χ3n) is 5.47. The fourth-order valence-corrected chi connectivity index (χ4v) is 3.88. The molecule has 0 atom stereocenters. The van der Waals surface area contributed by atoms with Gasteiger partial charge in [-0.3, -0.25) is 0 Å². The van der Waals surface area contributed by atoms with E-state index in [0.717, 1.165) is 16.5 Å². The summed E-state index contributed by atoms with van der Waals surface area (Å²) < 4.78 is 16.9. The minimum atomic E-state index is -0.514. The van der Waals surface area contributed by atoms with Crippen LogP contribution in [0.4, 0.5) is 0 Å². The molecule has 1 aliphatic heterocycles. The van der Waals surface area contributed by atoms with Gasteiger partial charge in [0, 0.05) is 10.6 Å². The van der Waals surface area contributed by atoms with Gasteiger partial charge in [0.1, 0.15) is 6.61 Å². The predicted molar refractivity (Wildman–Crippen MR) is 133 cm³/mol. The molecule has 0 bridgehead atoms. The van der Waals surface area contributed by atoms with Crippen molar-refractivity contribution in [2.75, 3.05) is 7.11 Å². The van der Waals surface area contributed by atoms with Crippen LogP contribution in [0.15, 0.2) is 95.6 Å². The number of carbonyl (C=O) groups excluding carboxylic acids is 1. The van der Waals surface area contributed by atoms with E-state index in [2.05, 4.69) is 29.3 Å². The van der Waals surface area contributed by atoms with Gasteiger partial charge in [0.05, 0.1) is 7.11 Å². The molecule has 6 heteroatoms. The second-order valence-corrected chi connectivity index (χ2v) is 8.12. The lowest BCUT2D eigenvalue weighted by molar-refractivity contribution is -0.129. The fourth-order valence-electron chi connectivity index (χ4n) is 3.75. The second-order valence-electron chi connectivity index (χ2n) is 7.68. The summed E-state index contributed by atoms with van der Waals surface area (Å²) >= 11 is 5.93. The number of fused-ring (bicyclic) bond motifs is 1. The number of esters is 1. The number of benzene rings is 4. The fraction of sp³-hybridized carbons (Fsp3) is 0.0714. The molecular weight excluding hydrogens is 450 g/mol. The van der Waals surface area contributed by atoms with Crippen LogP contribution in [0.1, 0.15) is 16.7 Å². The zero-order valence-corrected chi connectivity index (χ0v) is 19.1. The van der Waals surface area contributed by atoms with Gasteiger partial charge in [0.25, 0.3) is 0 Å². The molecule has 0 spiro atoms. The van der Waals surface area contributed by atoms with Crippen molar-refractivity contribution in [1.82, 2.24) is 0 Å². The summed E-state index contributed by atoms with van der Waals surface area (Å²) in [6.07, 6.45) is 1.66. The number of aliphatic imine (C=N–C) groups is 1. The van der Waals surface area contributed by atoms with Gasteiger partial charge in [0.15, 0.2) is 17.2 Å². The molecule has 34 heavy (non-hydrogen) atoms. The van der Waals surface area contributed by atoms with Crippen LogP contribution in [0, 0.1) is 0 Å². The zero-order chi connectivity index (χ0) is 23.5. The largest absolute Gasteiger partial charge is 0.493 e. The van der Waals surface area contributed by atoms with Crippen molar-refractivity contribution in [2.45, 2.75) is 6.61 Å². The third-order valence-corrected chi connectivity index (χ3v) is 5.72. The summed E-state index contributed by atoms with van der Waals surface area (Å²) in [6, 6.07) is 26.8. The average molecular weight is 470 g/mol. The number of cyclic esters (lactones) is 1. The Kier molecular flexibility index (Phi) is 6.02. The molecule has 0 unspecified atom stereocenters. The number of carbonyl (C=O) groups is 1. The first-order chi connectivity index (χ1) is 16.6. The molecule has 4 aromatic carbocycles. The highest BCUT2D eigenvalue weighted by Gasteiger charge is 2.24. The lowest BCUT2D eigenvalue weighted by atomic mass is 10.1. The van der Waals surface area contributed by atoms with Gasteiger partial charge in [-0.1, -0.05) is 60.1 Å². The number of hydrogen-bond acceptors (Lipinski definition) is 5. The molecule has 0 saturated carbocycles. The topological polar surface area (TPSA) is 57.1 Å². The van der Waals surface area contributed by atoms with Gasteiger partial charge in [-0.15, -0.1) is 0 Å². The highest BCUT2D eigenvalue weighted by atomic mass is 35.5. The number of nitrogens with zero attached hydrogens (tertiary/aromatic N) is 1. The van der Waals surface area contributed by atoms with Crippen LogP contribution < -0.4 is 9.47 Å². The Morgan fingerprint density at radius 1 is 0.941 bits per heavy atom. The van der Waals surface area contributed by atoms with Crippen LogP contribution in [-0.2, 0) is 16.1 Å². The first-order valence-electron chi connectivity index (χ1n) is 10.7. The molecule has 0 aliphatic carbocycles. The molecule has 0 N–H and O–H groups in total. The molecule has 0 aromatic heterocycles. The number of hydrogen-bond donors (Lipinski definition) is 0. The Hall–Kier alpha value is -4.09. The summed E-state index contributed by atoms with van der Waals surface area (Å²) in [4.78, 5) is 16.7. The van der Waals surface area contributed by atoms with E-state index in [0.29, 0.717) is 28.7 Å². The van der Waals surface area contributed by atoms with E-state index in [9.17, 15) is 4.79 Å². The Labute approximate surface area is 201 Å². The zero-order valence-electron chi connectivity index (χ0n) is 18.3. The van der Waals surface area contributed by atoms with E-state index in [4.69, 9.17) is 25.8 Å². The maximum Gasteiger partial charge on any atom is 0.363 e. The van der Waals surface area contributed by atoms with Crippen molar-refractivity contribution >= 4 is 40.3 Å². The van der Waals surface area contributed by atoms with Crippen LogP contribution in [0.5, 0.6) is 11.5 Å². The smallest absolute Gasteiger partial charge is 0.363 e. The summed E-state index contributed by atoms with van der Waals surface area (Å²) in [6.45, 7) is 0.402. The Balaban J connectivity index is 1.37. The van der Waals surface area contributed by atoms with Gasteiger partial charge in [-0.05, 0) is 64.4 Å². The molecule has 0 fully saturated rings. The Morgan fingerprint density at radius 3 is 2.56 bits per heavy atom. The number of halogens is 1. The minimum absolute atomic E-state index is 0.205. The maximum atomic E-state index is 12.3. The molecule has 0 radical (unpaired) electrons. The van der Waals surface area contributed by atoms with Crippen LogP contribution >= 0.6 is 11.6 Å². The molecule has 1 aliphatic rings. The van der Waals surface area contributed by atoms with E-state index in [1.54, 1.807) is 43.5 Å². The van der Waals surface area contributed by atoms with Gasteiger partial charge >= 0.3 is 5.97 Å². The molecular formula is C28H20ClNO4. The Morgan fingerprint density at radius 2 is 1.74 bits per heavy atom. The first kappa shape index (κ1) is 21.7. The summed E-state index contributed by atoms with van der Waals surface area (Å²) in [5, 5.41) is 2.92. The molecule has 0 saturated heterocycles. The third kappa shape index (κ3) is 4.51. The van der Waals surface area contributed by atoms with Crippen molar-refractivity contribution in [3.05, 3.63) is 112 Å². The quantitative estimate of drug-likeness (QED) is 0.241. The van der Waals surface area contributed by atoms with E-state index in [-0.39, 0.29) is 11.6 Å². The standard InChI is InChI=1S/C28H20ClNO4/c1-32-26-16-18(15-24-28(31)34-27(30-24)20-10-12-22(29)13-11-20)9-14-25(26)33-17-21-7-4-6-19-5-2-3-8-23(19)21/h2-16H,17H2,1H3/b24-15+. The van der Waals surface area contributed by atoms with Crippen LogP contribution in [0.3, 0.4) is 0 Å². The van der Waals surface area contributed by atoms with E-state index in [1.165, 1.54) is 5.39 Å². The lowest BCUT2D eigenvalue weighted by Gasteiger charge is -2.13. The summed E-state index contributed by atoms with van der Waals surface area (Å²) in [7, 11) is 1.58. The molecule has 1 heterocycles. The van der Waals surface area contributed by atoms with Crippen molar-refractivity contribution in [2.24, 2.45) is 4.99 Å². The summed E-state index contributed by atoms with van der Waals surface area (Å²) in [5.74, 6) is 0.898. The Bertz CT molecular complexity index is 1440. The van der Waals surface area contributed by atoms with Crippen molar-refractivity contribution < 1.29 is 19.0 Å². The normalized spacial score (nSPS) is 14.2. The lowest BCUT2D eigenvalue weighted by Crippen LogP contribution is -2.05. The average Bonchev–Trinajstić information content (AvgIpc) is 3.23. The molecule has 5 rings (SSSR count). The van der Waals surface area contributed by atoms with Crippen molar-refractivity contribution in [3.63, 3.8) is 0 Å². The highest BCUT2D eigenvalue weighted by Crippen LogP contribution is 2.31. The van der Waals surface area contributed by atoms with Gasteiger partial charge in [0.2, 0.25) is 5.90 Å². The molecule has 5 nitrogen and oxygen atoms in total. The number of methoxy groups -OCH3 is 1. The predicted octanol–water partition coefficient (Wildman–Crippen LogP) is 6.43. The molecule has 168 valence electrons. The number of ether oxygens (including phenoxy) is 3. The first-order valence-corrected chi connectivity index (χ1v) is 11.0. The number of rotatable bonds is 6. The monoisotopic (exact) mass is 469 g/mol. The van der Waals surface area contributed by atoms with Gasteiger partial charge in [-0.25, -0.2) is 9.79 Å². The van der Waals surface area contributed by atoms with Crippen LogP contribution in [0.2, 0.25) is 5.02 Å². The minimum Gasteiger partial charge on any atom is -0.493 e. The van der Waals surface area contributed by atoms with E-state index in [1.807, 2.05) is 30.3 Å². The summed E-state index contributed by atoms with van der Waals surface area (Å²) in [5.41, 5.74) is 2.71. The molecule has 4 aromatic rings. The van der Waals surface area contributed by atoms with Crippen LogP contribution in [0.25, 0.3) is 16.8 Å². The van der Waals surface area contributed by atoms with Crippen molar-refractivity contribution in [1.29, 1.82) is 0 Å². The van der Waals surface area contributed by atoms with E-state index >= 15 is 0 Å². The van der Waals surface area contributed by atoms with Crippen molar-refractivity contribution in [3.8, 4) is 11.5 Å². The van der Waals surface area contributed by atoms with Gasteiger partial charge < -0.3 is 14.2 Å². The second kappa shape index (κ2) is 9.41. The SMILES string of the molecule is COc1cc(/C=C2/N=C(c3ccc(Cl)cc3)OC2=O)ccc1OCc1cccc2ccccc12. The van der Waals surface area contributed by atoms with Crippen LogP contribution in [-0.4, -0.2) is 19.0 Å². The van der Waals surface area contributed by atoms with Gasteiger partial charge in [-0.2, -0.15) is 0 Å².